The van der Waals surface area contributed by atoms with Crippen molar-refractivity contribution in [1.82, 2.24) is 14.9 Å². The molecule has 168 valence electrons. The molecule has 0 radical (unpaired) electrons. The molecule has 32 heavy (non-hydrogen) atoms. The van der Waals surface area contributed by atoms with Gasteiger partial charge in [-0.15, -0.1) is 0 Å². The van der Waals surface area contributed by atoms with Gasteiger partial charge in [0, 0.05) is 43.1 Å². The Kier molecular flexibility index (Phi) is 6.78. The summed E-state index contributed by atoms with van der Waals surface area (Å²) in [6.07, 6.45) is 2.47. The second-order valence-electron chi connectivity index (χ2n) is 6.35. The van der Waals surface area contributed by atoms with Gasteiger partial charge in [0.25, 0.3) is 11.6 Å². The summed E-state index contributed by atoms with van der Waals surface area (Å²) in [6, 6.07) is 9.50. The molecule has 0 saturated heterocycles. The lowest BCUT2D eigenvalue weighted by Gasteiger charge is -2.09. The molecular formula is C19H16F2N4O6S. The highest BCUT2D eigenvalue weighted by molar-refractivity contribution is 7.87. The molecule has 0 bridgehead atoms. The molecule has 0 saturated carbocycles. The number of nitrogens with one attached hydrogen (secondary N) is 1. The van der Waals surface area contributed by atoms with Gasteiger partial charge in [0.1, 0.15) is 16.5 Å². The molecule has 2 aromatic carbocycles. The third-order valence-electron chi connectivity index (χ3n) is 4.23. The highest BCUT2D eigenvalue weighted by Crippen LogP contribution is 2.22. The van der Waals surface area contributed by atoms with E-state index in [1.807, 2.05) is 0 Å². The maximum absolute atomic E-state index is 12.8. The van der Waals surface area contributed by atoms with Crippen LogP contribution in [-0.4, -0.2) is 35.3 Å². The normalized spacial score (nSPS) is 11.3. The van der Waals surface area contributed by atoms with Gasteiger partial charge >= 0.3 is 16.7 Å². The van der Waals surface area contributed by atoms with Crippen molar-refractivity contribution in [3.8, 4) is 5.75 Å². The smallest absolute Gasteiger partial charge is 0.339 e. The maximum atomic E-state index is 12.8. The number of hydrogen-bond acceptors (Lipinski definition) is 7. The number of rotatable bonds is 9. The first-order chi connectivity index (χ1) is 15.2. The summed E-state index contributed by atoms with van der Waals surface area (Å²) in [5.74, 6) is -0.490. The Labute approximate surface area is 180 Å². The Balaban J connectivity index is 1.60. The molecule has 0 spiro atoms. The number of hydrogen-bond donors (Lipinski definition) is 1. The number of nitrogens with zero attached hydrogens (tertiary/aromatic N) is 3. The van der Waals surface area contributed by atoms with Crippen molar-refractivity contribution in [2.24, 2.45) is 0 Å². The van der Waals surface area contributed by atoms with Gasteiger partial charge in [0.15, 0.2) is 0 Å². The van der Waals surface area contributed by atoms with Gasteiger partial charge in [0.05, 0.1) is 4.92 Å². The molecule has 1 N–H and O–H groups in total. The van der Waals surface area contributed by atoms with Crippen LogP contribution in [-0.2, 0) is 16.5 Å². The number of halogens is 2. The molecule has 1 heterocycles. The summed E-state index contributed by atoms with van der Waals surface area (Å²) in [5, 5.41) is 13.4. The number of carbonyl (C=O) groups is 1. The van der Waals surface area contributed by atoms with Crippen LogP contribution in [0.1, 0.15) is 22.7 Å². The van der Waals surface area contributed by atoms with Crippen molar-refractivity contribution < 1.29 is 31.1 Å². The molecule has 10 nitrogen and oxygen atoms in total. The fourth-order valence-corrected chi connectivity index (χ4v) is 3.67. The third-order valence-corrected chi connectivity index (χ3v) is 5.48. The molecule has 0 atom stereocenters. The third kappa shape index (κ3) is 5.43. The van der Waals surface area contributed by atoms with Crippen molar-refractivity contribution >= 4 is 21.7 Å². The molecule has 0 unspecified atom stereocenters. The first-order valence-electron chi connectivity index (χ1n) is 9.04. The van der Waals surface area contributed by atoms with E-state index in [0.717, 1.165) is 24.4 Å². The molecule has 0 aliphatic carbocycles. The van der Waals surface area contributed by atoms with E-state index in [0.29, 0.717) is 4.57 Å². The van der Waals surface area contributed by atoms with Crippen LogP contribution < -0.4 is 9.50 Å². The molecule has 0 aliphatic heterocycles. The number of carbonyl (C=O) groups excluding carboxylic acids is 1. The topological polar surface area (TPSA) is 133 Å². The molecule has 1 aromatic heterocycles. The van der Waals surface area contributed by atoms with Crippen molar-refractivity contribution in [2.45, 2.75) is 17.9 Å². The van der Waals surface area contributed by atoms with Gasteiger partial charge in [-0.25, -0.2) is 4.98 Å². The van der Waals surface area contributed by atoms with Crippen molar-refractivity contribution in [3.05, 3.63) is 82.4 Å². The summed E-state index contributed by atoms with van der Waals surface area (Å²) >= 11 is 0. The first-order valence-corrected chi connectivity index (χ1v) is 10.5. The van der Waals surface area contributed by atoms with Gasteiger partial charge in [0.2, 0.25) is 0 Å². The molecule has 3 aromatic rings. The van der Waals surface area contributed by atoms with Gasteiger partial charge < -0.3 is 9.50 Å². The number of nitro groups is 1. The SMILES string of the molecule is O=C(NCCc1nccn1C(F)F)c1ccc(OS(=O)(=O)c2cccc([N+](=O)[O-])c2)cc1. The van der Waals surface area contributed by atoms with E-state index in [-0.39, 0.29) is 30.1 Å². The van der Waals surface area contributed by atoms with Crippen molar-refractivity contribution in [3.63, 3.8) is 0 Å². The molecule has 13 heteroatoms. The van der Waals surface area contributed by atoms with Gasteiger partial charge in [-0.3, -0.25) is 19.5 Å². The summed E-state index contributed by atoms with van der Waals surface area (Å²) in [4.78, 5) is 25.7. The number of nitro benzene ring substituents is 1. The van der Waals surface area contributed by atoms with Crippen LogP contribution in [0.2, 0.25) is 0 Å². The van der Waals surface area contributed by atoms with Crippen LogP contribution in [0.15, 0.2) is 65.8 Å². The van der Waals surface area contributed by atoms with Crippen LogP contribution in [0.3, 0.4) is 0 Å². The number of alkyl halides is 2. The van der Waals surface area contributed by atoms with Crippen LogP contribution in [0.4, 0.5) is 14.5 Å². The zero-order chi connectivity index (χ0) is 23.3. The van der Waals surface area contributed by atoms with Crippen LogP contribution in [0.5, 0.6) is 5.75 Å². The molecule has 0 fully saturated rings. The van der Waals surface area contributed by atoms with Crippen molar-refractivity contribution in [2.75, 3.05) is 6.54 Å². The van der Waals surface area contributed by atoms with Crippen molar-refractivity contribution in [1.29, 1.82) is 0 Å². The Morgan fingerprint density at radius 1 is 1.22 bits per heavy atom. The summed E-state index contributed by atoms with van der Waals surface area (Å²) in [6.45, 7) is -2.67. The first kappa shape index (κ1) is 22.8. The monoisotopic (exact) mass is 466 g/mol. The predicted octanol–water partition coefficient (Wildman–Crippen LogP) is 2.93. The zero-order valence-electron chi connectivity index (χ0n) is 16.2. The Morgan fingerprint density at radius 2 is 1.94 bits per heavy atom. The Morgan fingerprint density at radius 3 is 2.59 bits per heavy atom. The summed E-state index contributed by atoms with van der Waals surface area (Å²) in [5.41, 5.74) is -0.222. The fraction of sp³-hybridized carbons (Fsp3) is 0.158. The highest BCUT2D eigenvalue weighted by Gasteiger charge is 2.20. The van der Waals surface area contributed by atoms with E-state index in [2.05, 4.69) is 10.3 Å². The highest BCUT2D eigenvalue weighted by atomic mass is 32.2. The lowest BCUT2D eigenvalue weighted by atomic mass is 10.2. The van der Waals surface area contributed by atoms with E-state index in [9.17, 15) is 32.1 Å². The van der Waals surface area contributed by atoms with E-state index in [1.165, 1.54) is 36.5 Å². The number of non-ortho nitro benzene ring substituents is 1. The Hall–Kier alpha value is -3.87. The lowest BCUT2D eigenvalue weighted by molar-refractivity contribution is -0.385. The zero-order valence-corrected chi connectivity index (χ0v) is 17.0. The Bertz CT molecular complexity index is 1230. The molecule has 1 amide bonds. The minimum atomic E-state index is -4.33. The van der Waals surface area contributed by atoms with Crippen LogP contribution in [0.25, 0.3) is 0 Å². The van der Waals surface area contributed by atoms with Gasteiger partial charge in [-0.2, -0.15) is 17.2 Å². The lowest BCUT2D eigenvalue weighted by Crippen LogP contribution is -2.26. The fourth-order valence-electron chi connectivity index (χ4n) is 2.69. The molecule has 0 aliphatic rings. The molecule has 3 rings (SSSR count). The summed E-state index contributed by atoms with van der Waals surface area (Å²) in [7, 11) is -4.33. The van der Waals surface area contributed by atoms with E-state index < -0.39 is 38.1 Å². The van der Waals surface area contributed by atoms with E-state index >= 15 is 0 Å². The average Bonchev–Trinajstić information content (AvgIpc) is 3.23. The van der Waals surface area contributed by atoms with E-state index in [1.54, 1.807) is 0 Å². The predicted molar refractivity (Wildman–Crippen MR) is 107 cm³/mol. The second kappa shape index (κ2) is 9.51. The minimum Gasteiger partial charge on any atom is -0.379 e. The standard InChI is InChI=1S/C19H16F2N4O6S/c20-19(21)24-11-10-22-17(24)8-9-23-18(26)13-4-6-15(7-5-13)31-32(29,30)16-3-1-2-14(12-16)25(27)28/h1-7,10-12,19H,8-9H2,(H,23,26). The minimum absolute atomic E-state index is 0.0575. The quantitative estimate of drug-likeness (QED) is 0.291. The number of amides is 1. The van der Waals surface area contributed by atoms with E-state index in [4.69, 9.17) is 4.18 Å². The number of benzene rings is 2. The van der Waals surface area contributed by atoms with Gasteiger partial charge in [-0.05, 0) is 30.3 Å². The van der Waals surface area contributed by atoms with Crippen LogP contribution >= 0.6 is 0 Å². The average molecular weight is 466 g/mol. The maximum Gasteiger partial charge on any atom is 0.339 e. The number of imidazole rings is 1. The van der Waals surface area contributed by atoms with Crippen LogP contribution in [0, 0.1) is 10.1 Å². The number of aromatic nitrogens is 2. The van der Waals surface area contributed by atoms with Gasteiger partial charge in [-0.1, -0.05) is 6.07 Å². The largest absolute Gasteiger partial charge is 0.379 e. The summed E-state index contributed by atoms with van der Waals surface area (Å²) < 4.78 is 55.9. The second-order valence-corrected chi connectivity index (χ2v) is 7.90. The molecular weight excluding hydrogens is 450 g/mol.